The van der Waals surface area contributed by atoms with E-state index in [4.69, 9.17) is 16.0 Å². The summed E-state index contributed by atoms with van der Waals surface area (Å²) in [6.07, 6.45) is 3.05. The van der Waals surface area contributed by atoms with Crippen LogP contribution in [0.15, 0.2) is 70.3 Å². The fraction of sp³-hybridized carbons (Fsp3) is 0.118. The third-order valence-corrected chi connectivity index (χ3v) is 5.63. The average molecular weight is 363 g/mol. The number of benzene rings is 1. The SMILES string of the molecule is Cc1ccc(Cl)cc1S(=O)(=O)N(Cc1ccco1)c1ccccn1. The van der Waals surface area contributed by atoms with Crippen LogP contribution in [0.2, 0.25) is 5.02 Å². The Bertz CT molecular complexity index is 926. The number of rotatable bonds is 5. The molecule has 5 nitrogen and oxygen atoms in total. The van der Waals surface area contributed by atoms with Crippen LogP contribution in [0.4, 0.5) is 5.82 Å². The van der Waals surface area contributed by atoms with E-state index in [2.05, 4.69) is 4.98 Å². The molecule has 3 rings (SSSR count). The number of hydrogen-bond acceptors (Lipinski definition) is 4. The van der Waals surface area contributed by atoms with Crippen LogP contribution < -0.4 is 4.31 Å². The normalized spacial score (nSPS) is 11.4. The second-order valence-corrected chi connectivity index (χ2v) is 7.46. The van der Waals surface area contributed by atoms with Crippen molar-refractivity contribution < 1.29 is 12.8 Å². The van der Waals surface area contributed by atoms with Crippen molar-refractivity contribution in [2.75, 3.05) is 4.31 Å². The second kappa shape index (κ2) is 6.67. The zero-order chi connectivity index (χ0) is 17.2. The quantitative estimate of drug-likeness (QED) is 0.687. The number of sulfonamides is 1. The van der Waals surface area contributed by atoms with Gasteiger partial charge in [0.2, 0.25) is 0 Å². The van der Waals surface area contributed by atoms with Crippen LogP contribution in [0, 0.1) is 6.92 Å². The first kappa shape index (κ1) is 16.5. The van der Waals surface area contributed by atoms with Crippen molar-refractivity contribution in [2.45, 2.75) is 18.4 Å². The van der Waals surface area contributed by atoms with Crippen LogP contribution in [-0.2, 0) is 16.6 Å². The number of hydrogen-bond donors (Lipinski definition) is 0. The molecule has 0 spiro atoms. The van der Waals surface area contributed by atoms with Gasteiger partial charge in [-0.1, -0.05) is 23.7 Å². The van der Waals surface area contributed by atoms with E-state index in [0.717, 1.165) is 0 Å². The lowest BCUT2D eigenvalue weighted by Gasteiger charge is -2.23. The van der Waals surface area contributed by atoms with Crippen molar-refractivity contribution in [3.8, 4) is 0 Å². The van der Waals surface area contributed by atoms with Crippen LogP contribution in [0.1, 0.15) is 11.3 Å². The fourth-order valence-electron chi connectivity index (χ4n) is 2.31. The molecule has 0 aliphatic heterocycles. The van der Waals surface area contributed by atoms with Crippen LogP contribution in [0.25, 0.3) is 0 Å². The summed E-state index contributed by atoms with van der Waals surface area (Å²) in [6.45, 7) is 1.77. The van der Waals surface area contributed by atoms with Crippen molar-refractivity contribution in [3.63, 3.8) is 0 Å². The maximum absolute atomic E-state index is 13.2. The number of furan rings is 1. The maximum Gasteiger partial charge on any atom is 0.266 e. The van der Waals surface area contributed by atoms with Crippen molar-refractivity contribution in [2.24, 2.45) is 0 Å². The lowest BCUT2D eigenvalue weighted by atomic mass is 10.2. The number of anilines is 1. The Morgan fingerprint density at radius 3 is 2.67 bits per heavy atom. The van der Waals surface area contributed by atoms with Gasteiger partial charge >= 0.3 is 0 Å². The third-order valence-electron chi connectivity index (χ3n) is 3.50. The highest BCUT2D eigenvalue weighted by Gasteiger charge is 2.28. The van der Waals surface area contributed by atoms with Gasteiger partial charge in [0, 0.05) is 11.2 Å². The Labute approximate surface area is 145 Å². The van der Waals surface area contributed by atoms with Crippen molar-refractivity contribution in [1.82, 2.24) is 4.98 Å². The summed E-state index contributed by atoms with van der Waals surface area (Å²) in [6, 6.07) is 13.3. The second-order valence-electron chi connectivity index (χ2n) is 5.19. The molecule has 7 heteroatoms. The number of nitrogens with zero attached hydrogens (tertiary/aromatic N) is 2. The number of aryl methyl sites for hydroxylation is 1. The summed E-state index contributed by atoms with van der Waals surface area (Å²) < 4.78 is 33.0. The minimum absolute atomic E-state index is 0.0400. The molecule has 1 aromatic carbocycles. The zero-order valence-corrected chi connectivity index (χ0v) is 14.5. The molecule has 0 saturated carbocycles. The summed E-state index contributed by atoms with van der Waals surface area (Å²) in [5.41, 5.74) is 0.611. The Hall–Kier alpha value is -2.31. The molecule has 0 aliphatic carbocycles. The molecule has 0 N–H and O–H groups in total. The first-order valence-corrected chi connectivity index (χ1v) is 9.02. The van der Waals surface area contributed by atoms with E-state index in [1.54, 1.807) is 55.6 Å². The van der Waals surface area contributed by atoms with Crippen LogP contribution in [-0.4, -0.2) is 13.4 Å². The minimum atomic E-state index is -3.86. The van der Waals surface area contributed by atoms with E-state index >= 15 is 0 Å². The van der Waals surface area contributed by atoms with Gasteiger partial charge in [0.25, 0.3) is 10.0 Å². The standard InChI is InChI=1S/C17H15ClN2O3S/c1-13-7-8-14(18)11-16(13)24(21,22)20(12-15-5-4-10-23-15)17-6-2-3-9-19-17/h2-11H,12H2,1H3. The van der Waals surface area contributed by atoms with Gasteiger partial charge in [-0.25, -0.2) is 17.7 Å². The van der Waals surface area contributed by atoms with Gasteiger partial charge in [0.1, 0.15) is 11.6 Å². The smallest absolute Gasteiger partial charge is 0.266 e. The molecule has 0 aliphatic rings. The molecule has 0 radical (unpaired) electrons. The summed E-state index contributed by atoms with van der Waals surface area (Å²) in [4.78, 5) is 4.32. The molecule has 124 valence electrons. The van der Waals surface area contributed by atoms with Gasteiger partial charge in [-0.15, -0.1) is 0 Å². The van der Waals surface area contributed by atoms with Crippen molar-refractivity contribution in [3.05, 3.63) is 77.3 Å². The molecular weight excluding hydrogens is 348 g/mol. The Kier molecular flexibility index (Phi) is 4.59. The first-order valence-electron chi connectivity index (χ1n) is 7.21. The van der Waals surface area contributed by atoms with E-state index in [0.29, 0.717) is 22.2 Å². The van der Waals surface area contributed by atoms with E-state index in [9.17, 15) is 8.42 Å². The molecule has 0 atom stereocenters. The van der Waals surface area contributed by atoms with Crippen molar-refractivity contribution in [1.29, 1.82) is 0 Å². The molecule has 2 heterocycles. The van der Waals surface area contributed by atoms with Gasteiger partial charge in [-0.2, -0.15) is 0 Å². The van der Waals surface area contributed by atoms with E-state index in [1.807, 2.05) is 0 Å². The molecule has 3 aromatic rings. The van der Waals surface area contributed by atoms with Crippen molar-refractivity contribution >= 4 is 27.4 Å². The minimum Gasteiger partial charge on any atom is -0.467 e. The summed E-state index contributed by atoms with van der Waals surface area (Å²) in [5.74, 6) is 0.831. The lowest BCUT2D eigenvalue weighted by Crippen LogP contribution is -2.31. The Morgan fingerprint density at radius 1 is 1.17 bits per heavy atom. The summed E-state index contributed by atoms with van der Waals surface area (Å²) in [7, 11) is -3.86. The molecule has 0 unspecified atom stereocenters. The van der Waals surface area contributed by atoms with Crippen LogP contribution >= 0.6 is 11.6 Å². The Morgan fingerprint density at radius 2 is 2.00 bits per heavy atom. The molecular formula is C17H15ClN2O3S. The highest BCUT2D eigenvalue weighted by atomic mass is 35.5. The molecule has 24 heavy (non-hydrogen) atoms. The van der Waals surface area contributed by atoms with E-state index < -0.39 is 10.0 Å². The highest BCUT2D eigenvalue weighted by molar-refractivity contribution is 7.92. The van der Waals surface area contributed by atoms with Gasteiger partial charge in [-0.3, -0.25) is 0 Å². The molecule has 0 fully saturated rings. The highest BCUT2D eigenvalue weighted by Crippen LogP contribution is 2.28. The molecule has 0 saturated heterocycles. The summed E-state index contributed by atoms with van der Waals surface area (Å²) >= 11 is 6.00. The first-order chi connectivity index (χ1) is 11.5. The maximum atomic E-state index is 13.2. The topological polar surface area (TPSA) is 63.4 Å². The molecule has 0 bridgehead atoms. The predicted octanol–water partition coefficient (Wildman–Crippen LogP) is 4.03. The fourth-order valence-corrected chi connectivity index (χ4v) is 4.18. The zero-order valence-electron chi connectivity index (χ0n) is 12.9. The van der Waals surface area contributed by atoms with Gasteiger partial charge in [-0.05, 0) is 48.9 Å². The largest absolute Gasteiger partial charge is 0.467 e. The van der Waals surface area contributed by atoms with Gasteiger partial charge in [0.15, 0.2) is 0 Å². The van der Waals surface area contributed by atoms with Crippen LogP contribution in [0.3, 0.4) is 0 Å². The Balaban J connectivity index is 2.12. The number of aromatic nitrogens is 1. The van der Waals surface area contributed by atoms with Crippen LogP contribution in [0.5, 0.6) is 0 Å². The average Bonchev–Trinajstić information content (AvgIpc) is 3.08. The van der Waals surface area contributed by atoms with E-state index in [1.165, 1.54) is 16.6 Å². The molecule has 0 amide bonds. The number of halogens is 1. The monoisotopic (exact) mass is 362 g/mol. The third kappa shape index (κ3) is 3.29. The van der Waals surface area contributed by atoms with E-state index in [-0.39, 0.29) is 11.4 Å². The lowest BCUT2D eigenvalue weighted by molar-refractivity contribution is 0.508. The predicted molar refractivity (Wildman–Crippen MR) is 92.5 cm³/mol. The van der Waals surface area contributed by atoms with Gasteiger partial charge < -0.3 is 4.42 Å². The number of pyridine rings is 1. The molecule has 2 aromatic heterocycles. The summed E-state index contributed by atoms with van der Waals surface area (Å²) in [5, 5.41) is 0.359. The van der Waals surface area contributed by atoms with Gasteiger partial charge in [0.05, 0.1) is 17.7 Å².